The highest BCUT2D eigenvalue weighted by Crippen LogP contribution is 2.27. The largest absolute Gasteiger partial charge is 0.494 e. The van der Waals surface area contributed by atoms with Crippen LogP contribution in [0.5, 0.6) is 5.75 Å². The average molecular weight is 531 g/mol. The standard InChI is InChI=1S/C18H15F2N3O2.C10H9N3O/c1-23-17(24)13(12-8-15(20)16(25-2)9-14(12)19)10-21-18(23)22-11-6-4-3-5-7-11;14-9-6-7-11-10(13-9)12-8-4-2-1-3-5-8/h3-10H,1-2H3,(H,21,22);1-7H,(H2,11,12,13,14). The van der Waals surface area contributed by atoms with Crippen molar-refractivity contribution in [2.24, 2.45) is 7.05 Å². The van der Waals surface area contributed by atoms with E-state index in [2.05, 4.69) is 25.6 Å². The van der Waals surface area contributed by atoms with Crippen LogP contribution in [0.1, 0.15) is 0 Å². The van der Waals surface area contributed by atoms with Crippen molar-refractivity contribution >= 4 is 23.3 Å². The van der Waals surface area contributed by atoms with Gasteiger partial charge in [0.15, 0.2) is 11.6 Å². The second-order valence-corrected chi connectivity index (χ2v) is 8.09. The topological polar surface area (TPSA) is 114 Å². The Balaban J connectivity index is 0.000000212. The second kappa shape index (κ2) is 12.3. The maximum absolute atomic E-state index is 14.2. The predicted molar refractivity (Wildman–Crippen MR) is 146 cm³/mol. The Morgan fingerprint density at radius 3 is 2.08 bits per heavy atom. The molecule has 11 heteroatoms. The zero-order valence-electron chi connectivity index (χ0n) is 21.0. The molecule has 0 saturated carbocycles. The van der Waals surface area contributed by atoms with Crippen LogP contribution in [0.2, 0.25) is 0 Å². The molecule has 0 fully saturated rings. The molecule has 0 unspecified atom stereocenters. The lowest BCUT2D eigenvalue weighted by Crippen LogP contribution is -2.22. The van der Waals surface area contributed by atoms with Gasteiger partial charge < -0.3 is 15.4 Å². The van der Waals surface area contributed by atoms with Crippen LogP contribution in [-0.2, 0) is 7.05 Å². The molecular weight excluding hydrogens is 506 g/mol. The highest BCUT2D eigenvalue weighted by atomic mass is 19.1. The van der Waals surface area contributed by atoms with Gasteiger partial charge in [0.1, 0.15) is 5.82 Å². The van der Waals surface area contributed by atoms with Crippen LogP contribution in [0.15, 0.2) is 101 Å². The van der Waals surface area contributed by atoms with Gasteiger partial charge in [0.05, 0.1) is 12.7 Å². The molecule has 0 aliphatic rings. The van der Waals surface area contributed by atoms with E-state index in [1.807, 2.05) is 60.7 Å². The van der Waals surface area contributed by atoms with Crippen molar-refractivity contribution in [3.8, 4) is 16.9 Å². The van der Waals surface area contributed by atoms with Crippen LogP contribution < -0.4 is 26.5 Å². The van der Waals surface area contributed by atoms with Crippen LogP contribution in [0.4, 0.5) is 32.1 Å². The Bertz CT molecular complexity index is 1680. The van der Waals surface area contributed by atoms with Gasteiger partial charge in [-0.25, -0.2) is 18.7 Å². The molecule has 0 spiro atoms. The summed E-state index contributed by atoms with van der Waals surface area (Å²) in [5.41, 5.74) is 0.759. The number of methoxy groups -OCH3 is 1. The average Bonchev–Trinajstić information content (AvgIpc) is 2.94. The van der Waals surface area contributed by atoms with Gasteiger partial charge in [0, 0.05) is 48.5 Å². The smallest absolute Gasteiger partial charge is 0.262 e. The lowest BCUT2D eigenvalue weighted by molar-refractivity contribution is 0.383. The summed E-state index contributed by atoms with van der Waals surface area (Å²) in [5, 5.41) is 5.98. The first-order valence-corrected chi connectivity index (χ1v) is 11.6. The highest BCUT2D eigenvalue weighted by Gasteiger charge is 2.17. The third kappa shape index (κ3) is 6.72. The molecule has 0 saturated heterocycles. The number of hydrogen-bond donors (Lipinski definition) is 3. The van der Waals surface area contributed by atoms with Gasteiger partial charge in [0.25, 0.3) is 11.1 Å². The number of hydrogen-bond acceptors (Lipinski definition) is 7. The highest BCUT2D eigenvalue weighted by molar-refractivity contribution is 5.65. The number of ether oxygens (including phenoxy) is 1. The molecule has 0 bridgehead atoms. The molecule has 2 aromatic heterocycles. The van der Waals surface area contributed by atoms with E-state index in [4.69, 9.17) is 4.74 Å². The van der Waals surface area contributed by atoms with Crippen molar-refractivity contribution in [3.63, 3.8) is 0 Å². The minimum atomic E-state index is -0.763. The number of halogens is 2. The van der Waals surface area contributed by atoms with Gasteiger partial charge in [-0.15, -0.1) is 0 Å². The van der Waals surface area contributed by atoms with E-state index in [0.717, 1.165) is 23.5 Å². The van der Waals surface area contributed by atoms with Crippen LogP contribution in [0.25, 0.3) is 11.1 Å². The quantitative estimate of drug-likeness (QED) is 0.283. The van der Waals surface area contributed by atoms with Crippen molar-refractivity contribution in [1.29, 1.82) is 0 Å². The molecule has 3 aromatic carbocycles. The van der Waals surface area contributed by atoms with E-state index in [1.165, 1.54) is 37.2 Å². The first-order valence-electron chi connectivity index (χ1n) is 11.6. The van der Waals surface area contributed by atoms with Gasteiger partial charge in [-0.05, 0) is 30.3 Å². The lowest BCUT2D eigenvalue weighted by atomic mass is 10.1. The summed E-state index contributed by atoms with van der Waals surface area (Å²) in [7, 11) is 2.74. The molecule has 39 heavy (non-hydrogen) atoms. The SMILES string of the molecule is COc1cc(F)c(-c2cnc(Nc3ccccc3)n(C)c2=O)cc1F.O=c1ccnc(Nc2ccccc2)[nH]1. The van der Waals surface area contributed by atoms with Gasteiger partial charge in [-0.2, -0.15) is 0 Å². The fourth-order valence-corrected chi connectivity index (χ4v) is 3.48. The molecule has 2 heterocycles. The molecule has 0 aliphatic heterocycles. The van der Waals surface area contributed by atoms with E-state index < -0.39 is 17.2 Å². The lowest BCUT2D eigenvalue weighted by Gasteiger charge is -2.12. The first kappa shape index (κ1) is 26.7. The predicted octanol–water partition coefficient (Wildman–Crippen LogP) is 4.99. The maximum Gasteiger partial charge on any atom is 0.262 e. The zero-order chi connectivity index (χ0) is 27.8. The number of aromatic amines is 1. The Kier molecular flexibility index (Phi) is 8.42. The molecule has 198 valence electrons. The summed E-state index contributed by atoms with van der Waals surface area (Å²) in [4.78, 5) is 34.2. The van der Waals surface area contributed by atoms with Gasteiger partial charge in [0.2, 0.25) is 11.9 Å². The fraction of sp³-hybridized carbons (Fsp3) is 0.0714. The summed E-state index contributed by atoms with van der Waals surface area (Å²) in [5.74, 6) is -1.01. The van der Waals surface area contributed by atoms with E-state index >= 15 is 0 Å². The molecule has 9 nitrogen and oxygen atoms in total. The summed E-state index contributed by atoms with van der Waals surface area (Å²) in [6.07, 6.45) is 2.68. The first-order chi connectivity index (χ1) is 18.9. The molecular formula is C28H24F2N6O3. The molecule has 3 N–H and O–H groups in total. The Hall–Kier alpha value is -5.32. The summed E-state index contributed by atoms with van der Waals surface area (Å²) in [6.45, 7) is 0. The van der Waals surface area contributed by atoms with E-state index in [-0.39, 0.29) is 28.4 Å². The number of rotatable bonds is 6. The normalized spacial score (nSPS) is 10.3. The number of para-hydroxylation sites is 2. The van der Waals surface area contributed by atoms with Gasteiger partial charge >= 0.3 is 0 Å². The van der Waals surface area contributed by atoms with E-state index in [9.17, 15) is 18.4 Å². The Morgan fingerprint density at radius 2 is 1.46 bits per heavy atom. The number of nitrogens with one attached hydrogen (secondary N) is 3. The fourth-order valence-electron chi connectivity index (χ4n) is 3.48. The van der Waals surface area contributed by atoms with Crippen LogP contribution in [-0.4, -0.2) is 26.6 Å². The van der Waals surface area contributed by atoms with Crippen LogP contribution in [0.3, 0.4) is 0 Å². The van der Waals surface area contributed by atoms with Crippen LogP contribution in [0, 0.1) is 11.6 Å². The number of aromatic nitrogens is 4. The third-order valence-corrected chi connectivity index (χ3v) is 5.44. The minimum absolute atomic E-state index is 0.0415. The number of H-pyrrole nitrogens is 1. The summed E-state index contributed by atoms with van der Waals surface area (Å²) < 4.78 is 34.1. The molecule has 0 atom stereocenters. The van der Waals surface area contributed by atoms with Crippen molar-refractivity contribution in [2.45, 2.75) is 0 Å². The molecule has 5 aromatic rings. The number of nitrogens with zero attached hydrogens (tertiary/aromatic N) is 3. The zero-order valence-corrected chi connectivity index (χ0v) is 21.0. The van der Waals surface area contributed by atoms with E-state index in [0.29, 0.717) is 5.95 Å². The van der Waals surface area contributed by atoms with Crippen molar-refractivity contribution < 1.29 is 13.5 Å². The number of anilines is 4. The minimum Gasteiger partial charge on any atom is -0.494 e. The Morgan fingerprint density at radius 1 is 0.821 bits per heavy atom. The van der Waals surface area contributed by atoms with Crippen LogP contribution >= 0.6 is 0 Å². The number of benzene rings is 3. The molecule has 0 aliphatic carbocycles. The van der Waals surface area contributed by atoms with Crippen molar-refractivity contribution in [1.82, 2.24) is 19.5 Å². The van der Waals surface area contributed by atoms with Gasteiger partial charge in [-0.1, -0.05) is 36.4 Å². The monoisotopic (exact) mass is 530 g/mol. The Labute approximate surface area is 221 Å². The summed E-state index contributed by atoms with van der Waals surface area (Å²) in [6, 6.07) is 21.9. The van der Waals surface area contributed by atoms with Gasteiger partial charge in [-0.3, -0.25) is 19.1 Å². The second-order valence-electron chi connectivity index (χ2n) is 8.09. The molecule has 5 rings (SSSR count). The third-order valence-electron chi connectivity index (χ3n) is 5.44. The maximum atomic E-state index is 14.2. The molecule has 0 amide bonds. The van der Waals surface area contributed by atoms with Crippen molar-refractivity contribution in [2.75, 3.05) is 17.7 Å². The molecule has 0 radical (unpaired) electrons. The summed E-state index contributed by atoms with van der Waals surface area (Å²) >= 11 is 0. The van der Waals surface area contributed by atoms with Crippen molar-refractivity contribution in [3.05, 3.63) is 124 Å². The van der Waals surface area contributed by atoms with E-state index in [1.54, 1.807) is 0 Å².